The Morgan fingerprint density at radius 1 is 0.839 bits per heavy atom. The molecule has 1 saturated heterocycles. The number of nitrogens with zero attached hydrogens (tertiary/aromatic N) is 2. The van der Waals surface area contributed by atoms with Crippen LogP contribution < -0.4 is 0 Å². The zero-order chi connectivity index (χ0) is 22.3. The van der Waals surface area contributed by atoms with Crippen LogP contribution in [0, 0.1) is 20.8 Å². The van der Waals surface area contributed by atoms with Crippen molar-refractivity contribution < 1.29 is 29.6 Å². The summed E-state index contributed by atoms with van der Waals surface area (Å²) < 4.78 is 11.2. The van der Waals surface area contributed by atoms with E-state index in [1.165, 1.54) is 0 Å². The SMILES string of the molecule is Cc1nnc(-c2ccc(-c3cc([C@H]4O[C@H](CO)[C@@H](O)[C@H](O)[C@@H]4O)ccc3C)c(C)c2)o1. The molecular weight excluding hydrogens is 400 g/mol. The fourth-order valence-corrected chi connectivity index (χ4v) is 4.00. The number of rotatable bonds is 4. The quantitative estimate of drug-likeness (QED) is 0.497. The van der Waals surface area contributed by atoms with Crippen molar-refractivity contribution in [3.8, 4) is 22.6 Å². The van der Waals surface area contributed by atoms with Crippen molar-refractivity contribution >= 4 is 0 Å². The van der Waals surface area contributed by atoms with Gasteiger partial charge in [-0.05, 0) is 59.9 Å². The Hall–Kier alpha value is -2.62. The fraction of sp³-hybridized carbons (Fsp3) is 0.391. The van der Waals surface area contributed by atoms with Gasteiger partial charge in [-0.15, -0.1) is 10.2 Å². The summed E-state index contributed by atoms with van der Waals surface area (Å²) in [5.74, 6) is 0.957. The first-order valence-electron chi connectivity index (χ1n) is 10.1. The van der Waals surface area contributed by atoms with Gasteiger partial charge in [-0.3, -0.25) is 0 Å². The Morgan fingerprint density at radius 3 is 2.26 bits per heavy atom. The van der Waals surface area contributed by atoms with E-state index in [9.17, 15) is 20.4 Å². The maximum atomic E-state index is 10.5. The van der Waals surface area contributed by atoms with Gasteiger partial charge in [0.05, 0.1) is 6.61 Å². The first-order chi connectivity index (χ1) is 14.8. The Balaban J connectivity index is 1.70. The molecule has 4 rings (SSSR count). The Bertz CT molecular complexity index is 1080. The van der Waals surface area contributed by atoms with Crippen LogP contribution in [-0.4, -0.2) is 61.6 Å². The van der Waals surface area contributed by atoms with Gasteiger partial charge in [0.2, 0.25) is 11.8 Å². The Labute approximate surface area is 179 Å². The number of aliphatic hydroxyl groups is 4. The molecule has 1 aliphatic heterocycles. The molecule has 0 aliphatic carbocycles. The van der Waals surface area contributed by atoms with E-state index in [1.807, 2.05) is 50.2 Å². The number of benzene rings is 2. The van der Waals surface area contributed by atoms with Crippen molar-refractivity contribution in [2.75, 3.05) is 6.61 Å². The molecule has 5 atom stereocenters. The minimum absolute atomic E-state index is 0.457. The lowest BCUT2D eigenvalue weighted by atomic mass is 9.88. The predicted octanol–water partition coefficient (Wildman–Crippen LogP) is 1.84. The van der Waals surface area contributed by atoms with Gasteiger partial charge in [0.15, 0.2) is 0 Å². The highest BCUT2D eigenvalue weighted by Crippen LogP contribution is 2.36. The van der Waals surface area contributed by atoms with Crippen LogP contribution in [0.5, 0.6) is 0 Å². The van der Waals surface area contributed by atoms with Crippen LogP contribution in [0.25, 0.3) is 22.6 Å². The van der Waals surface area contributed by atoms with Gasteiger partial charge < -0.3 is 29.6 Å². The third kappa shape index (κ3) is 4.00. The number of aliphatic hydroxyl groups excluding tert-OH is 4. The predicted molar refractivity (Wildman–Crippen MR) is 112 cm³/mol. The molecule has 0 bridgehead atoms. The molecule has 1 aromatic heterocycles. The lowest BCUT2D eigenvalue weighted by Crippen LogP contribution is -2.55. The normalized spacial score (nSPS) is 26.2. The standard InChI is InChI=1S/C23H26N2O6/c1-11-4-5-14(22-21(29)20(28)19(27)18(10-26)31-22)9-17(11)16-7-6-15(8-12(16)2)23-25-24-13(3)30-23/h4-9,18-22,26-29H,10H2,1-3H3/t18-,19-,20+,21+,22-/m1/s1. The molecule has 8 heteroatoms. The van der Waals surface area contributed by atoms with Gasteiger partial charge in [0, 0.05) is 12.5 Å². The maximum absolute atomic E-state index is 10.5. The van der Waals surface area contributed by atoms with Crippen molar-refractivity contribution in [1.82, 2.24) is 10.2 Å². The molecule has 1 fully saturated rings. The van der Waals surface area contributed by atoms with Crippen molar-refractivity contribution in [3.05, 3.63) is 59.0 Å². The molecular formula is C23H26N2O6. The van der Waals surface area contributed by atoms with Crippen LogP contribution >= 0.6 is 0 Å². The van der Waals surface area contributed by atoms with E-state index < -0.39 is 37.1 Å². The minimum Gasteiger partial charge on any atom is -0.421 e. The smallest absolute Gasteiger partial charge is 0.247 e. The van der Waals surface area contributed by atoms with Crippen LogP contribution in [0.3, 0.4) is 0 Å². The topological polar surface area (TPSA) is 129 Å². The van der Waals surface area contributed by atoms with Crippen molar-refractivity contribution in [2.24, 2.45) is 0 Å². The van der Waals surface area contributed by atoms with E-state index in [1.54, 1.807) is 6.92 Å². The molecule has 0 saturated carbocycles. The van der Waals surface area contributed by atoms with E-state index in [0.29, 0.717) is 17.3 Å². The van der Waals surface area contributed by atoms with Gasteiger partial charge in [-0.2, -0.15) is 0 Å². The monoisotopic (exact) mass is 426 g/mol. The van der Waals surface area contributed by atoms with E-state index in [0.717, 1.165) is 27.8 Å². The van der Waals surface area contributed by atoms with E-state index in [2.05, 4.69) is 10.2 Å². The van der Waals surface area contributed by atoms with E-state index in [4.69, 9.17) is 9.15 Å². The van der Waals surface area contributed by atoms with Crippen molar-refractivity contribution in [3.63, 3.8) is 0 Å². The van der Waals surface area contributed by atoms with Crippen LogP contribution in [0.2, 0.25) is 0 Å². The summed E-state index contributed by atoms with van der Waals surface area (Å²) in [5, 5.41) is 48.1. The third-order valence-corrected chi connectivity index (χ3v) is 5.77. The second-order valence-electron chi connectivity index (χ2n) is 7.98. The van der Waals surface area contributed by atoms with Gasteiger partial charge in [0.1, 0.15) is 30.5 Å². The minimum atomic E-state index is -1.42. The summed E-state index contributed by atoms with van der Waals surface area (Å²) in [7, 11) is 0. The van der Waals surface area contributed by atoms with Gasteiger partial charge >= 0.3 is 0 Å². The second kappa shape index (κ2) is 8.49. The zero-order valence-electron chi connectivity index (χ0n) is 17.6. The highest BCUT2D eigenvalue weighted by molar-refractivity contribution is 5.74. The molecule has 2 heterocycles. The molecule has 0 amide bonds. The molecule has 3 aromatic rings. The maximum Gasteiger partial charge on any atom is 0.247 e. The average molecular weight is 426 g/mol. The van der Waals surface area contributed by atoms with Gasteiger partial charge in [-0.1, -0.05) is 18.2 Å². The van der Waals surface area contributed by atoms with Crippen molar-refractivity contribution in [1.29, 1.82) is 0 Å². The molecule has 164 valence electrons. The van der Waals surface area contributed by atoms with Crippen molar-refractivity contribution in [2.45, 2.75) is 51.3 Å². The summed E-state index contributed by atoms with van der Waals surface area (Å²) in [5.41, 5.74) is 5.43. The molecule has 4 N–H and O–H groups in total. The molecule has 8 nitrogen and oxygen atoms in total. The number of aromatic nitrogens is 2. The summed E-state index contributed by atoms with van der Waals surface area (Å²) in [4.78, 5) is 0. The molecule has 1 aliphatic rings. The lowest BCUT2D eigenvalue weighted by molar-refractivity contribution is -0.231. The largest absolute Gasteiger partial charge is 0.421 e. The van der Waals surface area contributed by atoms with Crippen LogP contribution in [0.1, 0.15) is 28.7 Å². The number of hydrogen-bond acceptors (Lipinski definition) is 8. The van der Waals surface area contributed by atoms with E-state index in [-0.39, 0.29) is 0 Å². The Kier molecular flexibility index (Phi) is 5.92. The highest BCUT2D eigenvalue weighted by Gasteiger charge is 2.44. The van der Waals surface area contributed by atoms with Gasteiger partial charge in [-0.25, -0.2) is 0 Å². The number of hydrogen-bond donors (Lipinski definition) is 4. The first kappa shape index (κ1) is 21.6. The molecule has 0 spiro atoms. The number of aryl methyl sites for hydroxylation is 3. The molecule has 0 unspecified atom stereocenters. The fourth-order valence-electron chi connectivity index (χ4n) is 4.00. The molecule has 31 heavy (non-hydrogen) atoms. The zero-order valence-corrected chi connectivity index (χ0v) is 17.6. The lowest BCUT2D eigenvalue weighted by Gasteiger charge is -2.40. The van der Waals surface area contributed by atoms with Crippen LogP contribution in [0.4, 0.5) is 0 Å². The van der Waals surface area contributed by atoms with E-state index >= 15 is 0 Å². The summed E-state index contributed by atoms with van der Waals surface area (Å²) in [6.45, 7) is 5.25. The number of ether oxygens (including phenoxy) is 1. The van der Waals surface area contributed by atoms with Crippen LogP contribution in [0.15, 0.2) is 40.8 Å². The average Bonchev–Trinajstić information content (AvgIpc) is 3.19. The third-order valence-electron chi connectivity index (χ3n) is 5.77. The molecule has 0 radical (unpaired) electrons. The van der Waals surface area contributed by atoms with Crippen LogP contribution in [-0.2, 0) is 4.74 Å². The van der Waals surface area contributed by atoms with Gasteiger partial charge in [0.25, 0.3) is 0 Å². The first-order valence-corrected chi connectivity index (χ1v) is 10.1. The summed E-state index contributed by atoms with van der Waals surface area (Å²) in [6, 6.07) is 11.5. The summed E-state index contributed by atoms with van der Waals surface area (Å²) in [6.07, 6.45) is -5.95. The molecule has 2 aromatic carbocycles. The highest BCUT2D eigenvalue weighted by atomic mass is 16.5. The second-order valence-corrected chi connectivity index (χ2v) is 7.98. The summed E-state index contributed by atoms with van der Waals surface area (Å²) >= 11 is 0. The Morgan fingerprint density at radius 2 is 1.61 bits per heavy atom.